The first kappa shape index (κ1) is 10.7. The quantitative estimate of drug-likeness (QED) is 0.299. The van der Waals surface area contributed by atoms with Crippen LogP contribution in [0.2, 0.25) is 0 Å². The van der Waals surface area contributed by atoms with Gasteiger partial charge in [0.1, 0.15) is 0 Å². The van der Waals surface area contributed by atoms with Crippen LogP contribution in [-0.4, -0.2) is 11.9 Å². The molecule has 1 fully saturated rings. The van der Waals surface area contributed by atoms with Gasteiger partial charge >= 0.3 is 11.9 Å². The number of rotatable bonds is 3. The van der Waals surface area contributed by atoms with Crippen LogP contribution < -0.4 is 0 Å². The lowest BCUT2D eigenvalue weighted by atomic mass is 10.0. The molecule has 0 aromatic carbocycles. The maximum absolute atomic E-state index is 11.2. The Morgan fingerprint density at radius 3 is 2.64 bits per heavy atom. The fourth-order valence-corrected chi connectivity index (χ4v) is 1.43. The van der Waals surface area contributed by atoms with Crippen molar-refractivity contribution in [2.45, 2.75) is 33.1 Å². The van der Waals surface area contributed by atoms with E-state index in [2.05, 4.69) is 4.74 Å². The summed E-state index contributed by atoms with van der Waals surface area (Å²) >= 11 is 0. The van der Waals surface area contributed by atoms with E-state index in [4.69, 9.17) is 0 Å². The third-order valence-corrected chi connectivity index (χ3v) is 2.23. The summed E-state index contributed by atoms with van der Waals surface area (Å²) in [5.74, 6) is -0.896. The Bertz CT molecular complexity index is 310. The lowest BCUT2D eigenvalue weighted by molar-refractivity contribution is -0.151. The number of carbonyl (C=O) groups excluding carboxylic acids is 2. The molecule has 0 spiro atoms. The minimum atomic E-state index is -0.462. The molecule has 14 heavy (non-hydrogen) atoms. The SMILES string of the molecule is CC=CCC(CC)=C1CC(=O)OC1=O. The molecule has 1 rings (SSSR count). The minimum Gasteiger partial charge on any atom is -0.389 e. The van der Waals surface area contributed by atoms with Crippen LogP contribution in [0.15, 0.2) is 23.3 Å². The highest BCUT2D eigenvalue weighted by molar-refractivity contribution is 6.06. The van der Waals surface area contributed by atoms with Gasteiger partial charge in [0.2, 0.25) is 0 Å². The topological polar surface area (TPSA) is 43.4 Å². The summed E-state index contributed by atoms with van der Waals surface area (Å²) in [5, 5.41) is 0. The van der Waals surface area contributed by atoms with Crippen LogP contribution in [0.1, 0.15) is 33.1 Å². The minimum absolute atomic E-state index is 0.138. The third-order valence-electron chi connectivity index (χ3n) is 2.23. The van der Waals surface area contributed by atoms with Crippen molar-refractivity contribution in [2.24, 2.45) is 0 Å². The summed E-state index contributed by atoms with van der Waals surface area (Å²) in [6, 6.07) is 0. The van der Waals surface area contributed by atoms with Gasteiger partial charge in [-0.15, -0.1) is 0 Å². The standard InChI is InChI=1S/C11H14O3/c1-3-5-6-8(4-2)9-7-10(12)14-11(9)13/h3,5H,4,6-7H2,1-2H3. The molecule has 0 aromatic rings. The predicted molar refractivity (Wildman–Crippen MR) is 52.5 cm³/mol. The van der Waals surface area contributed by atoms with Crippen LogP contribution in [0.4, 0.5) is 0 Å². The molecular formula is C11H14O3. The summed E-state index contributed by atoms with van der Waals surface area (Å²) in [5.41, 5.74) is 1.55. The molecule has 0 amide bonds. The summed E-state index contributed by atoms with van der Waals surface area (Å²) < 4.78 is 4.48. The Labute approximate surface area is 83.4 Å². The summed E-state index contributed by atoms with van der Waals surface area (Å²) in [6.07, 6.45) is 5.55. The van der Waals surface area contributed by atoms with E-state index < -0.39 is 11.9 Å². The van der Waals surface area contributed by atoms with Gasteiger partial charge in [0, 0.05) is 5.57 Å². The molecule has 1 saturated heterocycles. The second-order valence-electron chi connectivity index (χ2n) is 3.15. The van der Waals surface area contributed by atoms with Crippen molar-refractivity contribution in [1.29, 1.82) is 0 Å². The van der Waals surface area contributed by atoms with E-state index in [0.717, 1.165) is 18.4 Å². The van der Waals surface area contributed by atoms with E-state index in [1.54, 1.807) is 0 Å². The van der Waals surface area contributed by atoms with Crippen LogP contribution in [0, 0.1) is 0 Å². The monoisotopic (exact) mass is 194 g/mol. The number of esters is 2. The molecule has 0 unspecified atom stereocenters. The molecule has 0 aliphatic carbocycles. The molecule has 0 atom stereocenters. The van der Waals surface area contributed by atoms with Gasteiger partial charge in [-0.2, -0.15) is 0 Å². The zero-order valence-corrected chi connectivity index (χ0v) is 8.50. The van der Waals surface area contributed by atoms with Gasteiger partial charge in [-0.25, -0.2) is 4.79 Å². The van der Waals surface area contributed by atoms with Gasteiger partial charge in [0.05, 0.1) is 6.42 Å². The smallest absolute Gasteiger partial charge is 0.342 e. The average molecular weight is 194 g/mol. The van der Waals surface area contributed by atoms with Gasteiger partial charge in [0.15, 0.2) is 0 Å². The van der Waals surface area contributed by atoms with Crippen LogP contribution in [-0.2, 0) is 14.3 Å². The lowest BCUT2D eigenvalue weighted by Gasteiger charge is -2.02. The molecule has 0 bridgehead atoms. The molecule has 0 radical (unpaired) electrons. The van der Waals surface area contributed by atoms with Gasteiger partial charge in [-0.3, -0.25) is 4.79 Å². The predicted octanol–water partition coefficient (Wildman–Crippen LogP) is 2.13. The number of ether oxygens (including phenoxy) is 1. The maximum atomic E-state index is 11.2. The molecule has 3 nitrogen and oxygen atoms in total. The number of cyclic esters (lactones) is 2. The van der Waals surface area contributed by atoms with Gasteiger partial charge in [-0.1, -0.05) is 24.6 Å². The highest BCUT2D eigenvalue weighted by Gasteiger charge is 2.28. The number of hydrogen-bond acceptors (Lipinski definition) is 3. The van der Waals surface area contributed by atoms with Crippen molar-refractivity contribution in [3.8, 4) is 0 Å². The molecule has 0 aromatic heterocycles. The van der Waals surface area contributed by atoms with Crippen molar-refractivity contribution < 1.29 is 14.3 Å². The number of hydrogen-bond donors (Lipinski definition) is 0. The molecule has 1 aliphatic rings. The van der Waals surface area contributed by atoms with Crippen LogP contribution in [0.25, 0.3) is 0 Å². The second kappa shape index (κ2) is 4.74. The first-order valence-electron chi connectivity index (χ1n) is 4.76. The van der Waals surface area contributed by atoms with Crippen molar-refractivity contribution in [3.05, 3.63) is 23.3 Å². The highest BCUT2D eigenvalue weighted by Crippen LogP contribution is 2.23. The van der Waals surface area contributed by atoms with Gasteiger partial charge in [0.25, 0.3) is 0 Å². The van der Waals surface area contributed by atoms with Crippen LogP contribution >= 0.6 is 0 Å². The Morgan fingerprint density at radius 1 is 1.50 bits per heavy atom. The van der Waals surface area contributed by atoms with Gasteiger partial charge < -0.3 is 4.74 Å². The highest BCUT2D eigenvalue weighted by atomic mass is 16.6. The Hall–Kier alpha value is -1.38. The summed E-state index contributed by atoms with van der Waals surface area (Å²) in [6.45, 7) is 3.90. The van der Waals surface area contributed by atoms with Gasteiger partial charge in [-0.05, 0) is 19.8 Å². The lowest BCUT2D eigenvalue weighted by Crippen LogP contribution is -1.99. The van der Waals surface area contributed by atoms with E-state index in [1.807, 2.05) is 26.0 Å². The second-order valence-corrected chi connectivity index (χ2v) is 3.15. The van der Waals surface area contributed by atoms with E-state index in [0.29, 0.717) is 5.57 Å². The first-order valence-corrected chi connectivity index (χ1v) is 4.76. The van der Waals surface area contributed by atoms with Crippen molar-refractivity contribution in [1.82, 2.24) is 0 Å². The molecular weight excluding hydrogens is 180 g/mol. The molecule has 0 N–H and O–H groups in total. The molecule has 1 aliphatic heterocycles. The Morgan fingerprint density at radius 2 is 2.21 bits per heavy atom. The fraction of sp³-hybridized carbons (Fsp3) is 0.455. The Kier molecular flexibility index (Phi) is 3.63. The van der Waals surface area contributed by atoms with E-state index in [1.165, 1.54) is 0 Å². The van der Waals surface area contributed by atoms with E-state index in [-0.39, 0.29) is 6.42 Å². The zero-order valence-electron chi connectivity index (χ0n) is 8.50. The number of allylic oxidation sites excluding steroid dienone is 3. The maximum Gasteiger partial charge on any atom is 0.342 e. The average Bonchev–Trinajstić information content (AvgIpc) is 2.47. The zero-order chi connectivity index (χ0) is 10.6. The summed E-state index contributed by atoms with van der Waals surface area (Å²) in [7, 11) is 0. The molecule has 0 saturated carbocycles. The van der Waals surface area contributed by atoms with E-state index >= 15 is 0 Å². The summed E-state index contributed by atoms with van der Waals surface area (Å²) in [4.78, 5) is 22.1. The van der Waals surface area contributed by atoms with E-state index in [9.17, 15) is 9.59 Å². The Balaban J connectivity index is 2.87. The van der Waals surface area contributed by atoms with Crippen molar-refractivity contribution in [3.63, 3.8) is 0 Å². The largest absolute Gasteiger partial charge is 0.389 e. The normalized spacial score (nSPS) is 20.4. The first-order chi connectivity index (χ1) is 6.69. The van der Waals surface area contributed by atoms with Crippen molar-refractivity contribution in [2.75, 3.05) is 0 Å². The number of carbonyl (C=O) groups is 2. The third kappa shape index (κ3) is 2.31. The van der Waals surface area contributed by atoms with Crippen LogP contribution in [0.5, 0.6) is 0 Å². The molecule has 76 valence electrons. The van der Waals surface area contributed by atoms with Crippen molar-refractivity contribution >= 4 is 11.9 Å². The van der Waals surface area contributed by atoms with Crippen LogP contribution in [0.3, 0.4) is 0 Å². The molecule has 1 heterocycles. The molecule has 3 heteroatoms. The fourth-order valence-electron chi connectivity index (χ4n) is 1.43.